The summed E-state index contributed by atoms with van der Waals surface area (Å²) in [6.45, 7) is 5.26. The van der Waals surface area contributed by atoms with Gasteiger partial charge in [-0.15, -0.1) is 0 Å². The van der Waals surface area contributed by atoms with E-state index in [1.54, 1.807) is 16.8 Å². The van der Waals surface area contributed by atoms with Gasteiger partial charge in [0.25, 0.3) is 0 Å². The van der Waals surface area contributed by atoms with Gasteiger partial charge in [-0.3, -0.25) is 4.90 Å². The maximum Gasteiger partial charge on any atom is 0.324 e. The maximum atomic E-state index is 12.2. The Labute approximate surface area is 113 Å². The van der Waals surface area contributed by atoms with E-state index in [1.165, 1.54) is 0 Å². The summed E-state index contributed by atoms with van der Waals surface area (Å²) in [5.41, 5.74) is 7.13. The van der Waals surface area contributed by atoms with Crippen molar-refractivity contribution in [2.75, 3.05) is 25.0 Å². The fourth-order valence-corrected chi connectivity index (χ4v) is 1.96. The number of anilines is 1. The zero-order valence-electron chi connectivity index (χ0n) is 11.0. The molecule has 0 atom stereocenters. The second-order valence-corrected chi connectivity index (χ2v) is 4.34. The summed E-state index contributed by atoms with van der Waals surface area (Å²) < 4.78 is 0. The first-order valence-corrected chi connectivity index (χ1v) is 6.35. The van der Waals surface area contributed by atoms with E-state index in [1.807, 2.05) is 38.1 Å². The Morgan fingerprint density at radius 2 is 1.83 bits per heavy atom. The van der Waals surface area contributed by atoms with Crippen molar-refractivity contribution in [1.82, 2.24) is 4.90 Å². The standard InChI is InChI=1S/C13H19N3OS/c1-4-16(5-2)13(17)15(3)11-9-7-6-8-10(11)12(14)18/h6-9H,4-5H2,1-3H3,(H2,14,18). The van der Waals surface area contributed by atoms with Crippen LogP contribution in [0.15, 0.2) is 24.3 Å². The zero-order chi connectivity index (χ0) is 13.7. The van der Waals surface area contributed by atoms with Crippen LogP contribution in [-0.2, 0) is 0 Å². The molecule has 0 saturated carbocycles. The molecule has 2 amide bonds. The molecule has 0 aliphatic heterocycles. The van der Waals surface area contributed by atoms with Crippen LogP contribution in [0.3, 0.4) is 0 Å². The number of para-hydroxylation sites is 1. The van der Waals surface area contributed by atoms with Crippen molar-refractivity contribution in [1.29, 1.82) is 0 Å². The fourth-order valence-electron chi connectivity index (χ4n) is 1.78. The van der Waals surface area contributed by atoms with Crippen LogP contribution in [0.5, 0.6) is 0 Å². The van der Waals surface area contributed by atoms with Crippen LogP contribution in [0, 0.1) is 0 Å². The van der Waals surface area contributed by atoms with E-state index in [0.717, 1.165) is 11.3 Å². The SMILES string of the molecule is CCN(CC)C(=O)N(C)c1ccccc1C(N)=S. The number of amides is 2. The molecule has 4 nitrogen and oxygen atoms in total. The van der Waals surface area contributed by atoms with E-state index < -0.39 is 0 Å². The molecule has 0 bridgehead atoms. The molecule has 0 radical (unpaired) electrons. The highest BCUT2D eigenvalue weighted by Gasteiger charge is 2.19. The first kappa shape index (κ1) is 14.4. The van der Waals surface area contributed by atoms with Crippen molar-refractivity contribution in [3.63, 3.8) is 0 Å². The normalized spacial score (nSPS) is 9.94. The Morgan fingerprint density at radius 3 is 2.33 bits per heavy atom. The Hall–Kier alpha value is -1.62. The summed E-state index contributed by atoms with van der Waals surface area (Å²) in [5.74, 6) is 0. The predicted octanol–water partition coefficient (Wildman–Crippen LogP) is 2.22. The van der Waals surface area contributed by atoms with Gasteiger partial charge in [0.1, 0.15) is 4.99 Å². The predicted molar refractivity (Wildman–Crippen MR) is 79.0 cm³/mol. The third-order valence-electron chi connectivity index (χ3n) is 2.85. The van der Waals surface area contributed by atoms with E-state index >= 15 is 0 Å². The van der Waals surface area contributed by atoms with Crippen molar-refractivity contribution < 1.29 is 4.79 Å². The number of carbonyl (C=O) groups is 1. The van der Waals surface area contributed by atoms with Crippen LogP contribution < -0.4 is 10.6 Å². The summed E-state index contributed by atoms with van der Waals surface area (Å²) in [5, 5.41) is 0. The summed E-state index contributed by atoms with van der Waals surface area (Å²) in [7, 11) is 1.73. The molecule has 5 heteroatoms. The van der Waals surface area contributed by atoms with Gasteiger partial charge in [-0.25, -0.2) is 4.79 Å². The van der Waals surface area contributed by atoms with Crippen molar-refractivity contribution in [3.05, 3.63) is 29.8 Å². The Bertz CT molecular complexity index is 444. The van der Waals surface area contributed by atoms with Crippen molar-refractivity contribution in [2.45, 2.75) is 13.8 Å². The molecular weight excluding hydrogens is 246 g/mol. The molecule has 2 N–H and O–H groups in total. The molecule has 0 aliphatic carbocycles. The molecule has 1 aromatic rings. The van der Waals surface area contributed by atoms with Crippen LogP contribution >= 0.6 is 12.2 Å². The van der Waals surface area contributed by atoms with Crippen LogP contribution in [-0.4, -0.2) is 36.1 Å². The number of benzene rings is 1. The topological polar surface area (TPSA) is 49.6 Å². The average Bonchev–Trinajstić information content (AvgIpc) is 2.39. The second-order valence-electron chi connectivity index (χ2n) is 3.90. The third-order valence-corrected chi connectivity index (χ3v) is 3.07. The van der Waals surface area contributed by atoms with Crippen LogP contribution in [0.25, 0.3) is 0 Å². The molecule has 0 spiro atoms. The van der Waals surface area contributed by atoms with Gasteiger partial charge in [-0.1, -0.05) is 24.4 Å². The number of thiocarbonyl (C=S) groups is 1. The highest BCUT2D eigenvalue weighted by Crippen LogP contribution is 2.20. The summed E-state index contributed by atoms with van der Waals surface area (Å²) in [6, 6.07) is 7.33. The van der Waals surface area contributed by atoms with Gasteiger partial charge >= 0.3 is 6.03 Å². The van der Waals surface area contributed by atoms with E-state index in [0.29, 0.717) is 18.1 Å². The van der Waals surface area contributed by atoms with Gasteiger partial charge in [0.05, 0.1) is 5.69 Å². The molecule has 0 unspecified atom stereocenters. The minimum atomic E-state index is -0.0521. The number of nitrogens with two attached hydrogens (primary N) is 1. The minimum absolute atomic E-state index is 0.0521. The maximum absolute atomic E-state index is 12.2. The van der Waals surface area contributed by atoms with Gasteiger partial charge < -0.3 is 10.6 Å². The lowest BCUT2D eigenvalue weighted by molar-refractivity contribution is 0.211. The molecule has 0 heterocycles. The van der Waals surface area contributed by atoms with Crippen LogP contribution in [0.2, 0.25) is 0 Å². The Kier molecular flexibility index (Phi) is 5.09. The number of hydrogen-bond donors (Lipinski definition) is 1. The Morgan fingerprint density at radius 1 is 1.28 bits per heavy atom. The molecular formula is C13H19N3OS. The van der Waals surface area contributed by atoms with E-state index in [-0.39, 0.29) is 6.03 Å². The zero-order valence-corrected chi connectivity index (χ0v) is 11.8. The molecule has 0 saturated heterocycles. The quantitative estimate of drug-likeness (QED) is 0.849. The fraction of sp³-hybridized carbons (Fsp3) is 0.385. The molecule has 18 heavy (non-hydrogen) atoms. The molecule has 0 aromatic heterocycles. The van der Waals surface area contributed by atoms with Crippen molar-refractivity contribution in [2.24, 2.45) is 5.73 Å². The monoisotopic (exact) mass is 265 g/mol. The highest BCUT2D eigenvalue weighted by atomic mass is 32.1. The lowest BCUT2D eigenvalue weighted by Gasteiger charge is -2.27. The summed E-state index contributed by atoms with van der Waals surface area (Å²) in [4.78, 5) is 15.9. The van der Waals surface area contributed by atoms with Crippen LogP contribution in [0.4, 0.5) is 10.5 Å². The first-order valence-electron chi connectivity index (χ1n) is 5.94. The first-order chi connectivity index (χ1) is 8.52. The molecule has 0 aliphatic rings. The lowest BCUT2D eigenvalue weighted by atomic mass is 10.1. The molecule has 1 rings (SSSR count). The van der Waals surface area contributed by atoms with Gasteiger partial charge in [0.15, 0.2) is 0 Å². The van der Waals surface area contributed by atoms with E-state index in [2.05, 4.69) is 0 Å². The van der Waals surface area contributed by atoms with Crippen molar-refractivity contribution >= 4 is 28.9 Å². The molecule has 1 aromatic carbocycles. The second kappa shape index (κ2) is 6.35. The number of urea groups is 1. The smallest absolute Gasteiger partial charge is 0.324 e. The molecule has 98 valence electrons. The Balaban J connectivity index is 3.07. The van der Waals surface area contributed by atoms with Gasteiger partial charge in [-0.2, -0.15) is 0 Å². The average molecular weight is 265 g/mol. The number of nitrogens with zero attached hydrogens (tertiary/aromatic N) is 2. The summed E-state index contributed by atoms with van der Waals surface area (Å²) >= 11 is 5.00. The van der Waals surface area contributed by atoms with Gasteiger partial charge in [-0.05, 0) is 26.0 Å². The number of rotatable bonds is 4. The highest BCUT2D eigenvalue weighted by molar-refractivity contribution is 7.80. The summed E-state index contributed by atoms with van der Waals surface area (Å²) in [6.07, 6.45) is 0. The van der Waals surface area contributed by atoms with Crippen molar-refractivity contribution in [3.8, 4) is 0 Å². The minimum Gasteiger partial charge on any atom is -0.389 e. The third kappa shape index (κ3) is 2.98. The number of hydrogen-bond acceptors (Lipinski definition) is 2. The molecule has 0 fully saturated rings. The largest absolute Gasteiger partial charge is 0.389 e. The van der Waals surface area contributed by atoms with Crippen LogP contribution in [0.1, 0.15) is 19.4 Å². The lowest BCUT2D eigenvalue weighted by Crippen LogP contribution is -2.41. The van der Waals surface area contributed by atoms with E-state index in [4.69, 9.17) is 18.0 Å². The number of carbonyl (C=O) groups excluding carboxylic acids is 1. The van der Waals surface area contributed by atoms with E-state index in [9.17, 15) is 4.79 Å². The van der Waals surface area contributed by atoms with Gasteiger partial charge in [0.2, 0.25) is 0 Å². The van der Waals surface area contributed by atoms with Gasteiger partial charge in [0, 0.05) is 25.7 Å².